The van der Waals surface area contributed by atoms with Crippen molar-refractivity contribution in [1.29, 1.82) is 0 Å². The molecule has 0 radical (unpaired) electrons. The Balaban J connectivity index is 2.74. The number of rotatable bonds is 5. The second-order valence-electron chi connectivity index (χ2n) is 4.59. The maximum atomic E-state index is 12.1. The third kappa shape index (κ3) is 4.33. The monoisotopic (exact) mass is 257 g/mol. The zero-order chi connectivity index (χ0) is 12.7. The van der Waals surface area contributed by atoms with Crippen molar-refractivity contribution in [3.8, 4) is 11.8 Å². The van der Waals surface area contributed by atoms with E-state index in [-0.39, 0.29) is 11.3 Å². The Morgan fingerprint density at radius 1 is 1.41 bits per heavy atom. The number of sulfone groups is 1. The van der Waals surface area contributed by atoms with Crippen LogP contribution in [-0.2, 0) is 9.84 Å². The molecule has 0 aliphatic carbocycles. The predicted molar refractivity (Wildman–Crippen MR) is 71.6 cm³/mol. The van der Waals surface area contributed by atoms with E-state index in [9.17, 15) is 8.42 Å². The Hall–Kier alpha value is -0.530. The van der Waals surface area contributed by atoms with E-state index < -0.39 is 9.84 Å². The molecule has 0 saturated carbocycles. The molecular weight excluding hydrogens is 234 g/mol. The molecule has 0 bridgehead atoms. The number of hydrogen-bond acceptors (Lipinski definition) is 3. The molecule has 0 amide bonds. The zero-order valence-electron chi connectivity index (χ0n) is 10.8. The van der Waals surface area contributed by atoms with Crippen LogP contribution in [0.1, 0.15) is 46.0 Å². The molecule has 3 nitrogen and oxygen atoms in total. The van der Waals surface area contributed by atoms with Crippen LogP contribution in [-0.4, -0.2) is 32.0 Å². The first kappa shape index (κ1) is 14.5. The van der Waals surface area contributed by atoms with E-state index in [2.05, 4.69) is 24.1 Å². The highest BCUT2D eigenvalue weighted by Gasteiger charge is 2.34. The maximum Gasteiger partial charge on any atom is 0.154 e. The predicted octanol–water partition coefficient (Wildman–Crippen LogP) is 1.74. The van der Waals surface area contributed by atoms with Crippen molar-refractivity contribution < 1.29 is 8.42 Å². The summed E-state index contributed by atoms with van der Waals surface area (Å²) < 4.78 is 24.1. The van der Waals surface area contributed by atoms with Crippen molar-refractivity contribution in [2.75, 3.05) is 12.3 Å². The molecule has 2 atom stereocenters. The standard InChI is InChI=1S/C13H23NO2S/c1-3-5-8-12(14-10-4-2)13-9-6-7-11-17(13,15)16/h12-14H,4,6-11H2,1-2H3. The Morgan fingerprint density at radius 2 is 2.18 bits per heavy atom. The summed E-state index contributed by atoms with van der Waals surface area (Å²) in [6, 6.07) is 0.00713. The van der Waals surface area contributed by atoms with Crippen LogP contribution in [0.3, 0.4) is 0 Å². The lowest BCUT2D eigenvalue weighted by Gasteiger charge is -2.29. The molecule has 0 aromatic carbocycles. The molecule has 0 aromatic rings. The average molecular weight is 257 g/mol. The van der Waals surface area contributed by atoms with Crippen LogP contribution >= 0.6 is 0 Å². The van der Waals surface area contributed by atoms with Gasteiger partial charge in [0, 0.05) is 12.5 Å². The second-order valence-corrected chi connectivity index (χ2v) is 6.93. The van der Waals surface area contributed by atoms with Gasteiger partial charge in [0.2, 0.25) is 0 Å². The van der Waals surface area contributed by atoms with Crippen LogP contribution in [0.2, 0.25) is 0 Å². The van der Waals surface area contributed by atoms with Crippen molar-refractivity contribution >= 4 is 9.84 Å². The molecule has 98 valence electrons. The first-order valence-corrected chi connectivity index (χ1v) is 8.18. The van der Waals surface area contributed by atoms with Gasteiger partial charge in [-0.1, -0.05) is 13.3 Å². The van der Waals surface area contributed by atoms with Gasteiger partial charge < -0.3 is 5.32 Å². The van der Waals surface area contributed by atoms with E-state index in [4.69, 9.17) is 0 Å². The molecule has 1 heterocycles. The first-order valence-electron chi connectivity index (χ1n) is 6.46. The van der Waals surface area contributed by atoms with Gasteiger partial charge in [-0.2, -0.15) is 0 Å². The highest BCUT2D eigenvalue weighted by molar-refractivity contribution is 7.92. The van der Waals surface area contributed by atoms with Crippen LogP contribution in [0, 0.1) is 11.8 Å². The Labute approximate surface area is 105 Å². The second kappa shape index (κ2) is 7.03. The molecule has 0 aromatic heterocycles. The summed E-state index contributed by atoms with van der Waals surface area (Å²) >= 11 is 0. The van der Waals surface area contributed by atoms with Crippen molar-refractivity contribution in [2.45, 2.75) is 57.2 Å². The van der Waals surface area contributed by atoms with E-state index in [0.717, 1.165) is 32.2 Å². The van der Waals surface area contributed by atoms with Crippen molar-refractivity contribution in [3.63, 3.8) is 0 Å². The SMILES string of the molecule is CC#CCC(NCCC)C1CCCCS1(=O)=O. The van der Waals surface area contributed by atoms with E-state index in [1.165, 1.54) is 0 Å². The van der Waals surface area contributed by atoms with Gasteiger partial charge in [0.15, 0.2) is 9.84 Å². The first-order chi connectivity index (χ1) is 8.11. The fourth-order valence-electron chi connectivity index (χ4n) is 2.31. The van der Waals surface area contributed by atoms with Gasteiger partial charge in [0.05, 0.1) is 11.0 Å². The fraction of sp³-hybridized carbons (Fsp3) is 0.846. The van der Waals surface area contributed by atoms with Crippen LogP contribution in [0.4, 0.5) is 0 Å². The van der Waals surface area contributed by atoms with E-state index in [1.54, 1.807) is 6.92 Å². The summed E-state index contributed by atoms with van der Waals surface area (Å²) in [6.07, 6.45) is 4.28. The molecule has 4 heteroatoms. The quantitative estimate of drug-likeness (QED) is 0.763. The molecule has 2 unspecified atom stereocenters. The van der Waals surface area contributed by atoms with E-state index in [1.807, 2.05) is 0 Å². The van der Waals surface area contributed by atoms with Crippen molar-refractivity contribution in [1.82, 2.24) is 5.32 Å². The molecule has 1 rings (SSSR count). The van der Waals surface area contributed by atoms with Gasteiger partial charge in [-0.25, -0.2) is 8.42 Å². The average Bonchev–Trinajstić information content (AvgIpc) is 2.30. The van der Waals surface area contributed by atoms with Crippen LogP contribution in [0.25, 0.3) is 0 Å². The summed E-state index contributed by atoms with van der Waals surface area (Å²) in [6.45, 7) is 4.75. The molecule has 1 aliphatic rings. The number of hydrogen-bond donors (Lipinski definition) is 1. The van der Waals surface area contributed by atoms with E-state index >= 15 is 0 Å². The minimum atomic E-state index is -2.91. The largest absolute Gasteiger partial charge is 0.312 e. The van der Waals surface area contributed by atoms with Gasteiger partial charge in [-0.3, -0.25) is 0 Å². The Bertz CT molecular complexity index is 378. The van der Waals surface area contributed by atoms with Gasteiger partial charge >= 0.3 is 0 Å². The third-order valence-corrected chi connectivity index (χ3v) is 5.58. The molecule has 0 spiro atoms. The van der Waals surface area contributed by atoms with Crippen molar-refractivity contribution in [2.24, 2.45) is 0 Å². The Morgan fingerprint density at radius 3 is 2.76 bits per heavy atom. The lowest BCUT2D eigenvalue weighted by atomic mass is 10.0. The fourth-order valence-corrected chi connectivity index (χ4v) is 4.44. The van der Waals surface area contributed by atoms with Crippen molar-refractivity contribution in [3.05, 3.63) is 0 Å². The molecule has 1 saturated heterocycles. The summed E-state index contributed by atoms with van der Waals surface area (Å²) in [5.74, 6) is 6.22. The molecule has 1 N–H and O–H groups in total. The Kier molecular flexibility index (Phi) is 6.01. The molecule has 1 fully saturated rings. The topological polar surface area (TPSA) is 46.2 Å². The molecule has 1 aliphatic heterocycles. The van der Waals surface area contributed by atoms with Gasteiger partial charge in [0.25, 0.3) is 0 Å². The van der Waals surface area contributed by atoms with Gasteiger partial charge in [-0.15, -0.1) is 11.8 Å². The molecular formula is C13H23NO2S. The normalized spacial score (nSPS) is 24.7. The van der Waals surface area contributed by atoms with Gasteiger partial charge in [-0.05, 0) is 32.7 Å². The smallest absolute Gasteiger partial charge is 0.154 e. The third-order valence-electron chi connectivity index (χ3n) is 3.23. The molecule has 17 heavy (non-hydrogen) atoms. The number of nitrogens with one attached hydrogen (secondary N) is 1. The highest BCUT2D eigenvalue weighted by Crippen LogP contribution is 2.23. The summed E-state index contributed by atoms with van der Waals surface area (Å²) in [7, 11) is -2.91. The van der Waals surface area contributed by atoms with Crippen LogP contribution in [0.5, 0.6) is 0 Å². The van der Waals surface area contributed by atoms with E-state index in [0.29, 0.717) is 12.2 Å². The summed E-state index contributed by atoms with van der Waals surface area (Å²) in [5.41, 5.74) is 0. The lowest BCUT2D eigenvalue weighted by molar-refractivity contribution is 0.441. The van der Waals surface area contributed by atoms with Crippen LogP contribution < -0.4 is 5.32 Å². The zero-order valence-corrected chi connectivity index (χ0v) is 11.6. The minimum Gasteiger partial charge on any atom is -0.312 e. The summed E-state index contributed by atoms with van der Waals surface area (Å²) in [5, 5.41) is 3.12. The lowest BCUT2D eigenvalue weighted by Crippen LogP contribution is -2.46. The maximum absolute atomic E-state index is 12.1. The minimum absolute atomic E-state index is 0.00713. The van der Waals surface area contributed by atoms with Crippen LogP contribution in [0.15, 0.2) is 0 Å². The van der Waals surface area contributed by atoms with Gasteiger partial charge in [0.1, 0.15) is 0 Å². The summed E-state index contributed by atoms with van der Waals surface area (Å²) in [4.78, 5) is 0. The highest BCUT2D eigenvalue weighted by atomic mass is 32.2.